The molecule has 9 rings (SSSR count). The lowest BCUT2D eigenvalue weighted by Gasteiger charge is -2.23. The zero-order valence-electron chi connectivity index (χ0n) is 36.0. The Balaban J connectivity index is 0.000000151. The van der Waals surface area contributed by atoms with E-state index in [9.17, 15) is 27.6 Å². The number of aryl methyl sites for hydroxylation is 1. The Labute approximate surface area is 402 Å². The van der Waals surface area contributed by atoms with Gasteiger partial charge in [0.15, 0.2) is 0 Å². The topological polar surface area (TPSA) is 232 Å². The number of benzene rings is 3. The van der Waals surface area contributed by atoms with Crippen molar-refractivity contribution in [1.82, 2.24) is 15.0 Å². The zero-order valence-corrected chi connectivity index (χ0v) is 38.3. The molecule has 6 heterocycles. The van der Waals surface area contributed by atoms with Crippen LogP contribution in [-0.4, -0.2) is 70.6 Å². The van der Waals surface area contributed by atoms with E-state index in [-0.39, 0.29) is 45.8 Å². The summed E-state index contributed by atoms with van der Waals surface area (Å²) in [5.74, 6) is 0.905. The molecule has 15 nitrogen and oxygen atoms in total. The molecule has 0 fully saturated rings. The smallest absolute Gasteiger partial charge is 0.433 e. The normalized spacial score (nSPS) is 16.7. The Bertz CT molecular complexity index is 2690. The van der Waals surface area contributed by atoms with E-state index in [1.165, 1.54) is 24.3 Å². The number of hydrogen-bond donors (Lipinski definition) is 6. The number of halogens is 6. The molecule has 0 unspecified atom stereocenters. The van der Waals surface area contributed by atoms with Crippen LogP contribution < -0.4 is 47.4 Å². The summed E-state index contributed by atoms with van der Waals surface area (Å²) in [6, 6.07) is 24.2. The van der Waals surface area contributed by atoms with E-state index in [0.717, 1.165) is 47.2 Å². The number of hydrogen-bond acceptors (Lipinski definition) is 12. The molecule has 3 aromatic carbocycles. The van der Waals surface area contributed by atoms with E-state index in [2.05, 4.69) is 30.9 Å². The second-order valence-electron chi connectivity index (χ2n) is 15.9. The molecule has 0 bridgehead atoms. The summed E-state index contributed by atoms with van der Waals surface area (Å²) in [4.78, 5) is 47.7. The molecular formula is C47H43Cl3F3N9O6. The number of rotatable bonds is 6. The van der Waals surface area contributed by atoms with Crippen molar-refractivity contribution in [2.75, 3.05) is 35.8 Å². The molecule has 0 aliphatic carbocycles. The third-order valence-corrected chi connectivity index (χ3v) is 10.9. The minimum Gasteiger partial charge on any atom is -0.492 e. The molecule has 9 N–H and O–H groups in total. The largest absolute Gasteiger partial charge is 0.492 e. The fraction of sp³-hybridized carbons (Fsp3) is 0.234. The van der Waals surface area contributed by atoms with E-state index in [1.807, 2.05) is 30.3 Å². The van der Waals surface area contributed by atoms with Crippen molar-refractivity contribution in [3.63, 3.8) is 0 Å². The van der Waals surface area contributed by atoms with E-state index >= 15 is 0 Å². The van der Waals surface area contributed by atoms with Gasteiger partial charge in [0.05, 0.1) is 0 Å². The molecule has 3 atom stereocenters. The van der Waals surface area contributed by atoms with Gasteiger partial charge >= 0.3 is 6.18 Å². The summed E-state index contributed by atoms with van der Waals surface area (Å²) in [5, 5.41) is 8.80. The molecule has 0 spiro atoms. The maximum absolute atomic E-state index is 12.7. The summed E-state index contributed by atoms with van der Waals surface area (Å²) in [6.07, 6.45) is -1.44. The van der Waals surface area contributed by atoms with Crippen molar-refractivity contribution in [2.24, 2.45) is 17.2 Å². The van der Waals surface area contributed by atoms with E-state index in [1.54, 1.807) is 37.3 Å². The van der Waals surface area contributed by atoms with Crippen LogP contribution >= 0.6 is 34.8 Å². The number of aromatic nitrogens is 3. The lowest BCUT2D eigenvalue weighted by molar-refractivity contribution is -0.141. The lowest BCUT2D eigenvalue weighted by Crippen LogP contribution is -2.33. The van der Waals surface area contributed by atoms with Gasteiger partial charge in [-0.1, -0.05) is 53.0 Å². The number of nitrogens with two attached hydrogens (primary N) is 3. The second-order valence-corrected chi connectivity index (χ2v) is 17.1. The first-order valence-electron chi connectivity index (χ1n) is 20.8. The maximum Gasteiger partial charge on any atom is 0.433 e. The Morgan fingerprint density at radius 3 is 1.34 bits per heavy atom. The fourth-order valence-electron chi connectivity index (χ4n) is 7.11. The third-order valence-electron chi connectivity index (χ3n) is 10.3. The summed E-state index contributed by atoms with van der Waals surface area (Å²) < 4.78 is 54.6. The van der Waals surface area contributed by atoms with Gasteiger partial charge in [-0.2, -0.15) is 13.2 Å². The molecule has 3 aliphatic rings. The Morgan fingerprint density at radius 1 is 0.559 bits per heavy atom. The van der Waals surface area contributed by atoms with Gasteiger partial charge in [0, 0.05) is 82.0 Å². The van der Waals surface area contributed by atoms with Crippen molar-refractivity contribution in [3.05, 3.63) is 157 Å². The number of carbonyl (C=O) groups excluding carboxylic acids is 3. The highest BCUT2D eigenvalue weighted by molar-refractivity contribution is 6.33. The van der Waals surface area contributed by atoms with Crippen LogP contribution in [0, 0.1) is 6.92 Å². The van der Waals surface area contributed by atoms with Crippen molar-refractivity contribution in [3.8, 4) is 17.2 Å². The number of fused-ring (bicyclic) bond motifs is 3. The molecule has 3 aliphatic heterocycles. The van der Waals surface area contributed by atoms with Crippen LogP contribution in [0.15, 0.2) is 97.2 Å². The Kier molecular flexibility index (Phi) is 15.7. The van der Waals surface area contributed by atoms with E-state index < -0.39 is 17.8 Å². The highest BCUT2D eigenvalue weighted by Crippen LogP contribution is 2.32. The molecule has 21 heteroatoms. The zero-order chi connectivity index (χ0) is 48.7. The van der Waals surface area contributed by atoms with Crippen molar-refractivity contribution in [1.29, 1.82) is 0 Å². The van der Waals surface area contributed by atoms with Gasteiger partial charge < -0.3 is 47.4 Å². The van der Waals surface area contributed by atoms with Crippen LogP contribution in [0.25, 0.3) is 0 Å². The van der Waals surface area contributed by atoms with Crippen molar-refractivity contribution < 1.29 is 41.8 Å². The SMILES string of the molecule is Cc1cc(C(=O)Nc2ccc3c(c2)OC[C@H](N)C3)cc(Cl)n1.N[C@H]1COc2cc(NC(=O)c3cc(Cl)nc(Cl)c3)ccc2C1.N[C@H]1COc2cc(NC(=O)c3ccnc(C(F)(F)F)c3)ccc2C1. The third kappa shape index (κ3) is 13.3. The standard InChI is InChI=1S/C16H16ClN3O2.C16H14F3N3O2.C15H13Cl2N3O2/c1-9-4-11(6-15(17)19-9)16(21)20-13-3-2-10-5-12(18)8-22-14(10)7-13;17-16(18,19)14-6-10(3-4-21-14)15(23)22-12-2-1-9-5-11(20)8-24-13(9)7-12;16-13-4-9(5-14(17)20-13)15(21)19-11-2-1-8-3-10(18)7-22-12(8)6-11/h2-4,6-7,12H,5,8,18H2,1H3,(H,20,21);1-4,6-7,11H,5,8,20H2,(H,22,23);1-2,4-6,10H,3,7,18H2,(H,19,21)/t12-;11-;10-/m111/s1. The Morgan fingerprint density at radius 2 is 0.941 bits per heavy atom. The molecule has 354 valence electrons. The quantitative estimate of drug-likeness (QED) is 0.0870. The minimum atomic E-state index is -4.60. The van der Waals surface area contributed by atoms with Crippen molar-refractivity contribution >= 4 is 69.6 Å². The van der Waals surface area contributed by atoms with Crippen LogP contribution in [-0.2, 0) is 25.4 Å². The molecule has 3 amide bonds. The lowest BCUT2D eigenvalue weighted by atomic mass is 10.0. The minimum absolute atomic E-state index is 0.00837. The summed E-state index contributed by atoms with van der Waals surface area (Å²) in [5.41, 5.74) is 22.5. The van der Waals surface area contributed by atoms with Crippen LogP contribution in [0.3, 0.4) is 0 Å². The van der Waals surface area contributed by atoms with E-state index in [4.69, 9.17) is 66.2 Å². The van der Waals surface area contributed by atoms with Gasteiger partial charge in [-0.25, -0.2) is 9.97 Å². The molecular weight excluding hydrogens is 950 g/mol. The van der Waals surface area contributed by atoms with Crippen LogP contribution in [0.5, 0.6) is 17.2 Å². The number of nitrogens with zero attached hydrogens (tertiary/aromatic N) is 3. The highest BCUT2D eigenvalue weighted by Gasteiger charge is 2.33. The predicted octanol–water partition coefficient (Wildman–Crippen LogP) is 8.08. The number of carbonyl (C=O) groups is 3. The maximum atomic E-state index is 12.7. The summed E-state index contributed by atoms with van der Waals surface area (Å²) in [6.45, 7) is 3.13. The number of amides is 3. The summed E-state index contributed by atoms with van der Waals surface area (Å²) in [7, 11) is 0. The number of alkyl halides is 3. The average Bonchev–Trinajstić information content (AvgIpc) is 3.28. The van der Waals surface area contributed by atoms with E-state index in [0.29, 0.717) is 77.1 Å². The first-order chi connectivity index (χ1) is 32.3. The van der Waals surface area contributed by atoms with Gasteiger partial charge in [-0.05, 0) is 97.5 Å². The number of anilines is 3. The molecule has 68 heavy (non-hydrogen) atoms. The molecule has 0 saturated carbocycles. The van der Waals surface area contributed by atoms with Gasteiger partial charge in [0.1, 0.15) is 58.2 Å². The van der Waals surface area contributed by atoms with Gasteiger partial charge in [0.2, 0.25) is 0 Å². The predicted molar refractivity (Wildman–Crippen MR) is 252 cm³/mol. The fourth-order valence-corrected chi connectivity index (χ4v) is 7.82. The van der Waals surface area contributed by atoms with Crippen LogP contribution in [0.1, 0.15) is 59.2 Å². The second kappa shape index (κ2) is 21.6. The van der Waals surface area contributed by atoms with Crippen LogP contribution in [0.4, 0.5) is 30.2 Å². The van der Waals surface area contributed by atoms with Gasteiger partial charge in [-0.3, -0.25) is 19.4 Å². The molecule has 0 radical (unpaired) electrons. The molecule has 3 aromatic heterocycles. The molecule has 0 saturated heterocycles. The van der Waals surface area contributed by atoms with Gasteiger partial charge in [-0.15, -0.1) is 0 Å². The summed E-state index contributed by atoms with van der Waals surface area (Å²) >= 11 is 17.5. The first kappa shape index (κ1) is 49.4. The van der Waals surface area contributed by atoms with Gasteiger partial charge in [0.25, 0.3) is 17.7 Å². The average molecular weight is 993 g/mol. The van der Waals surface area contributed by atoms with Crippen molar-refractivity contribution in [2.45, 2.75) is 50.5 Å². The number of nitrogens with one attached hydrogen (secondary N) is 3. The monoisotopic (exact) mass is 991 g/mol. The highest BCUT2D eigenvalue weighted by atomic mass is 35.5. The van der Waals surface area contributed by atoms with Crippen LogP contribution in [0.2, 0.25) is 15.5 Å². The first-order valence-corrected chi connectivity index (χ1v) is 22.0. The number of pyridine rings is 3. The Hall–Kier alpha value is -6.54. The molecule has 6 aromatic rings. The number of ether oxygens (including phenoxy) is 3.